The average molecular weight is 276 g/mol. The second-order valence-electron chi connectivity index (χ2n) is 5.15. The van der Waals surface area contributed by atoms with Crippen molar-refractivity contribution in [2.24, 2.45) is 0 Å². The van der Waals surface area contributed by atoms with Crippen molar-refractivity contribution in [3.8, 4) is 0 Å². The number of amides is 1. The largest absolute Gasteiger partial charge is 0.478 e. The fourth-order valence-electron chi connectivity index (χ4n) is 2.58. The summed E-state index contributed by atoms with van der Waals surface area (Å²) in [7, 11) is 0. The van der Waals surface area contributed by atoms with Crippen LogP contribution in [0.1, 0.15) is 42.1 Å². The van der Waals surface area contributed by atoms with E-state index in [1.165, 1.54) is 0 Å². The minimum absolute atomic E-state index is 0.0276. The van der Waals surface area contributed by atoms with Gasteiger partial charge in [0.2, 0.25) is 5.91 Å². The van der Waals surface area contributed by atoms with Gasteiger partial charge < -0.3 is 15.7 Å². The van der Waals surface area contributed by atoms with Gasteiger partial charge in [0.1, 0.15) is 0 Å². The van der Waals surface area contributed by atoms with Gasteiger partial charge in [0.15, 0.2) is 0 Å². The molecule has 1 aromatic rings. The zero-order valence-electron chi connectivity index (χ0n) is 11.6. The fraction of sp³-hybridized carbons (Fsp3) is 0.467. The predicted molar refractivity (Wildman–Crippen MR) is 75.5 cm³/mol. The van der Waals surface area contributed by atoms with Crippen LogP contribution in [-0.2, 0) is 11.3 Å². The molecule has 1 atom stereocenters. The summed E-state index contributed by atoms with van der Waals surface area (Å²) in [6, 6.07) is 6.55. The molecule has 2 rings (SSSR count). The van der Waals surface area contributed by atoms with Crippen LogP contribution in [-0.4, -0.2) is 29.1 Å². The van der Waals surface area contributed by atoms with Gasteiger partial charge in [-0.1, -0.05) is 19.1 Å². The zero-order valence-corrected chi connectivity index (χ0v) is 11.6. The third-order valence-corrected chi connectivity index (χ3v) is 3.94. The molecular weight excluding hydrogens is 256 g/mol. The lowest BCUT2D eigenvalue weighted by Crippen LogP contribution is -2.52. The molecule has 1 aliphatic heterocycles. The summed E-state index contributed by atoms with van der Waals surface area (Å²) in [6.07, 6.45) is 2.67. The molecule has 0 aliphatic carbocycles. The van der Waals surface area contributed by atoms with Gasteiger partial charge in [-0.25, -0.2) is 4.79 Å². The van der Waals surface area contributed by atoms with Gasteiger partial charge in [-0.3, -0.25) is 4.79 Å². The minimum Gasteiger partial charge on any atom is -0.478 e. The summed E-state index contributed by atoms with van der Waals surface area (Å²) in [6.45, 7) is 3.32. The van der Waals surface area contributed by atoms with Gasteiger partial charge in [-0.05, 0) is 43.5 Å². The maximum atomic E-state index is 12.3. The Kier molecular flexibility index (Phi) is 4.39. The lowest BCUT2D eigenvalue weighted by atomic mass is 9.93. The smallest absolute Gasteiger partial charge is 0.335 e. The molecular formula is C15H20N2O3. The van der Waals surface area contributed by atoms with Crippen LogP contribution in [0.2, 0.25) is 0 Å². The SMILES string of the molecule is CCC1(C(=O)NCc2ccc(C(=O)O)cc2)CCCN1. The summed E-state index contributed by atoms with van der Waals surface area (Å²) in [5.41, 5.74) is 0.719. The van der Waals surface area contributed by atoms with Crippen LogP contribution in [0.3, 0.4) is 0 Å². The van der Waals surface area contributed by atoms with E-state index in [4.69, 9.17) is 5.11 Å². The van der Waals surface area contributed by atoms with Crippen LogP contribution in [0.25, 0.3) is 0 Å². The second kappa shape index (κ2) is 6.05. The van der Waals surface area contributed by atoms with Crippen molar-refractivity contribution >= 4 is 11.9 Å². The molecule has 1 aromatic carbocycles. The highest BCUT2D eigenvalue weighted by Crippen LogP contribution is 2.23. The molecule has 3 N–H and O–H groups in total. The van der Waals surface area contributed by atoms with Crippen molar-refractivity contribution in [2.45, 2.75) is 38.3 Å². The summed E-state index contributed by atoms with van der Waals surface area (Å²) in [5, 5.41) is 15.0. The Morgan fingerprint density at radius 3 is 2.55 bits per heavy atom. The number of carboxylic acid groups (broad SMARTS) is 1. The van der Waals surface area contributed by atoms with E-state index in [2.05, 4.69) is 10.6 Å². The van der Waals surface area contributed by atoms with E-state index < -0.39 is 11.5 Å². The minimum atomic E-state index is -0.944. The number of carbonyl (C=O) groups is 2. The third kappa shape index (κ3) is 2.99. The molecule has 1 unspecified atom stereocenters. The maximum Gasteiger partial charge on any atom is 0.335 e. The molecule has 0 spiro atoms. The summed E-state index contributed by atoms with van der Waals surface area (Å²) < 4.78 is 0. The quantitative estimate of drug-likeness (QED) is 0.762. The van der Waals surface area contributed by atoms with Crippen LogP contribution in [0.4, 0.5) is 0 Å². The number of rotatable bonds is 5. The Labute approximate surface area is 118 Å². The zero-order chi connectivity index (χ0) is 14.6. The number of hydrogen-bond donors (Lipinski definition) is 3. The lowest BCUT2D eigenvalue weighted by Gasteiger charge is -2.26. The molecule has 5 heteroatoms. The van der Waals surface area contributed by atoms with E-state index in [-0.39, 0.29) is 11.5 Å². The predicted octanol–water partition coefficient (Wildman–Crippen LogP) is 1.53. The van der Waals surface area contributed by atoms with E-state index in [9.17, 15) is 9.59 Å². The number of aromatic carboxylic acids is 1. The van der Waals surface area contributed by atoms with Crippen LogP contribution >= 0.6 is 0 Å². The Hall–Kier alpha value is -1.88. The molecule has 1 saturated heterocycles. The first-order valence-corrected chi connectivity index (χ1v) is 6.93. The van der Waals surface area contributed by atoms with Crippen molar-refractivity contribution in [1.29, 1.82) is 0 Å². The molecule has 0 bridgehead atoms. The first-order chi connectivity index (χ1) is 9.57. The first kappa shape index (κ1) is 14.5. The summed E-state index contributed by atoms with van der Waals surface area (Å²) in [5.74, 6) is -0.916. The van der Waals surface area contributed by atoms with Gasteiger partial charge in [-0.15, -0.1) is 0 Å². The van der Waals surface area contributed by atoms with Crippen LogP contribution < -0.4 is 10.6 Å². The monoisotopic (exact) mass is 276 g/mol. The van der Waals surface area contributed by atoms with Gasteiger partial charge in [0.25, 0.3) is 0 Å². The van der Waals surface area contributed by atoms with E-state index >= 15 is 0 Å². The highest BCUT2D eigenvalue weighted by atomic mass is 16.4. The van der Waals surface area contributed by atoms with Crippen molar-refractivity contribution in [3.05, 3.63) is 35.4 Å². The van der Waals surface area contributed by atoms with Crippen LogP contribution in [0.5, 0.6) is 0 Å². The van der Waals surface area contributed by atoms with Crippen molar-refractivity contribution < 1.29 is 14.7 Å². The highest BCUT2D eigenvalue weighted by Gasteiger charge is 2.38. The molecule has 0 aromatic heterocycles. The van der Waals surface area contributed by atoms with Gasteiger partial charge in [-0.2, -0.15) is 0 Å². The fourth-order valence-corrected chi connectivity index (χ4v) is 2.58. The number of carboxylic acids is 1. The first-order valence-electron chi connectivity index (χ1n) is 6.93. The number of benzene rings is 1. The van der Waals surface area contributed by atoms with E-state index in [0.29, 0.717) is 6.54 Å². The topological polar surface area (TPSA) is 78.4 Å². The van der Waals surface area contributed by atoms with Gasteiger partial charge in [0, 0.05) is 6.54 Å². The Balaban J connectivity index is 1.94. The van der Waals surface area contributed by atoms with Crippen molar-refractivity contribution in [2.75, 3.05) is 6.54 Å². The Morgan fingerprint density at radius 2 is 2.05 bits per heavy atom. The molecule has 1 aliphatic rings. The van der Waals surface area contributed by atoms with E-state index in [0.717, 1.165) is 31.4 Å². The highest BCUT2D eigenvalue weighted by molar-refractivity contribution is 5.88. The number of carbonyl (C=O) groups excluding carboxylic acids is 1. The van der Waals surface area contributed by atoms with Gasteiger partial charge >= 0.3 is 5.97 Å². The Morgan fingerprint density at radius 1 is 1.35 bits per heavy atom. The van der Waals surface area contributed by atoms with Crippen LogP contribution in [0.15, 0.2) is 24.3 Å². The van der Waals surface area contributed by atoms with Crippen molar-refractivity contribution in [1.82, 2.24) is 10.6 Å². The molecule has 108 valence electrons. The standard InChI is InChI=1S/C15H20N2O3/c1-2-15(8-3-9-17-15)14(20)16-10-11-4-6-12(7-5-11)13(18)19/h4-7,17H,2-3,8-10H2,1H3,(H,16,20)(H,18,19). The average Bonchev–Trinajstić information content (AvgIpc) is 2.95. The van der Waals surface area contributed by atoms with Crippen LogP contribution in [0, 0.1) is 0 Å². The molecule has 1 amide bonds. The molecule has 5 nitrogen and oxygen atoms in total. The third-order valence-electron chi connectivity index (χ3n) is 3.94. The molecule has 1 heterocycles. The maximum absolute atomic E-state index is 12.3. The number of nitrogens with one attached hydrogen (secondary N) is 2. The van der Waals surface area contributed by atoms with Gasteiger partial charge in [0.05, 0.1) is 11.1 Å². The molecule has 20 heavy (non-hydrogen) atoms. The lowest BCUT2D eigenvalue weighted by molar-refractivity contribution is -0.127. The summed E-state index contributed by atoms with van der Waals surface area (Å²) in [4.78, 5) is 23.0. The Bertz CT molecular complexity index is 490. The molecule has 0 radical (unpaired) electrons. The summed E-state index contributed by atoms with van der Waals surface area (Å²) >= 11 is 0. The number of hydrogen-bond acceptors (Lipinski definition) is 3. The molecule has 1 fully saturated rings. The van der Waals surface area contributed by atoms with Crippen molar-refractivity contribution in [3.63, 3.8) is 0 Å². The second-order valence-corrected chi connectivity index (χ2v) is 5.15. The van der Waals surface area contributed by atoms with E-state index in [1.54, 1.807) is 24.3 Å². The normalized spacial score (nSPS) is 21.6. The molecule has 0 saturated carbocycles. The van der Waals surface area contributed by atoms with E-state index in [1.807, 2.05) is 6.92 Å².